The second kappa shape index (κ2) is 7.88. The number of anilines is 1. The van der Waals surface area contributed by atoms with E-state index in [1.54, 1.807) is 16.9 Å². The molecule has 29 heavy (non-hydrogen) atoms. The second-order valence-corrected chi connectivity index (χ2v) is 6.30. The fraction of sp³-hybridized carbons (Fsp3) is 0.235. The van der Waals surface area contributed by atoms with Gasteiger partial charge in [-0.25, -0.2) is 0 Å². The van der Waals surface area contributed by atoms with E-state index in [-0.39, 0.29) is 11.5 Å². The van der Waals surface area contributed by atoms with E-state index in [1.807, 2.05) is 31.2 Å². The van der Waals surface area contributed by atoms with E-state index in [2.05, 4.69) is 15.5 Å². The summed E-state index contributed by atoms with van der Waals surface area (Å²) >= 11 is 0. The summed E-state index contributed by atoms with van der Waals surface area (Å²) in [5.74, 6) is -1.18. The van der Waals surface area contributed by atoms with Gasteiger partial charge in [0.1, 0.15) is 12.2 Å². The van der Waals surface area contributed by atoms with E-state index in [0.29, 0.717) is 6.54 Å². The molecule has 1 N–H and O–H groups in total. The van der Waals surface area contributed by atoms with Gasteiger partial charge in [0.25, 0.3) is 0 Å². The minimum absolute atomic E-state index is 0.0815. The van der Waals surface area contributed by atoms with E-state index in [9.17, 15) is 25.0 Å². The second-order valence-electron chi connectivity index (χ2n) is 6.30. The molecule has 150 valence electrons. The van der Waals surface area contributed by atoms with Crippen LogP contribution in [0.3, 0.4) is 0 Å². The number of nitrogens with zero attached hydrogens (tertiary/aromatic N) is 6. The van der Waals surface area contributed by atoms with Crippen LogP contribution >= 0.6 is 0 Å². The van der Waals surface area contributed by atoms with Crippen molar-refractivity contribution in [1.29, 1.82) is 0 Å². The van der Waals surface area contributed by atoms with Crippen molar-refractivity contribution >= 4 is 23.2 Å². The van der Waals surface area contributed by atoms with E-state index in [1.165, 1.54) is 6.92 Å². The maximum atomic E-state index is 12.3. The van der Waals surface area contributed by atoms with Gasteiger partial charge >= 0.3 is 11.5 Å². The van der Waals surface area contributed by atoms with Crippen molar-refractivity contribution in [3.63, 3.8) is 0 Å². The highest BCUT2D eigenvalue weighted by Gasteiger charge is 2.35. The number of nitrogens with one attached hydrogen (secondary N) is 1. The van der Waals surface area contributed by atoms with Gasteiger partial charge in [-0.1, -0.05) is 24.3 Å². The highest BCUT2D eigenvalue weighted by molar-refractivity contribution is 5.89. The first-order valence-corrected chi connectivity index (χ1v) is 8.50. The number of nitro groups is 2. The SMILES string of the molecule is Cc1ccccc1Cn1ccc(NC(=O)Cn2nc([N+](=O)[O-])c([N+](=O)[O-])c2C)n1. The van der Waals surface area contributed by atoms with Crippen LogP contribution in [0.2, 0.25) is 0 Å². The normalized spacial score (nSPS) is 10.7. The Morgan fingerprint density at radius 1 is 1.10 bits per heavy atom. The number of hydrogen-bond acceptors (Lipinski definition) is 7. The molecule has 2 heterocycles. The number of benzene rings is 1. The van der Waals surface area contributed by atoms with Crippen LogP contribution in [0.5, 0.6) is 0 Å². The first-order chi connectivity index (χ1) is 13.8. The summed E-state index contributed by atoms with van der Waals surface area (Å²) in [5, 5.41) is 32.4. The highest BCUT2D eigenvalue weighted by Crippen LogP contribution is 2.29. The van der Waals surface area contributed by atoms with Crippen LogP contribution in [-0.2, 0) is 17.9 Å². The quantitative estimate of drug-likeness (QED) is 0.472. The number of rotatable bonds is 7. The van der Waals surface area contributed by atoms with Crippen LogP contribution in [0, 0.1) is 34.1 Å². The predicted octanol–water partition coefficient (Wildman–Crippen LogP) is 2.20. The molecule has 0 fully saturated rings. The minimum Gasteiger partial charge on any atom is -0.358 e. The minimum atomic E-state index is -0.952. The molecule has 0 unspecified atom stereocenters. The molecular weight excluding hydrogens is 382 g/mol. The van der Waals surface area contributed by atoms with Crippen LogP contribution in [-0.4, -0.2) is 35.3 Å². The van der Waals surface area contributed by atoms with Crippen LogP contribution in [0.25, 0.3) is 0 Å². The first-order valence-electron chi connectivity index (χ1n) is 8.50. The molecule has 0 bridgehead atoms. The summed E-state index contributed by atoms with van der Waals surface area (Å²) < 4.78 is 2.59. The monoisotopic (exact) mass is 399 g/mol. The van der Waals surface area contributed by atoms with Gasteiger partial charge in [-0.15, -0.1) is 0 Å². The summed E-state index contributed by atoms with van der Waals surface area (Å²) in [5.41, 5.74) is 1.39. The average Bonchev–Trinajstić information content (AvgIpc) is 3.21. The highest BCUT2D eigenvalue weighted by atomic mass is 16.6. The number of aromatic nitrogens is 4. The van der Waals surface area contributed by atoms with Crippen LogP contribution < -0.4 is 5.32 Å². The molecule has 0 spiro atoms. The van der Waals surface area contributed by atoms with Crippen LogP contribution in [0.1, 0.15) is 16.8 Å². The molecule has 0 atom stereocenters. The molecule has 3 aromatic rings. The van der Waals surface area contributed by atoms with Crippen molar-refractivity contribution in [3.8, 4) is 0 Å². The Balaban J connectivity index is 1.70. The number of amides is 1. The van der Waals surface area contributed by atoms with Crippen molar-refractivity contribution in [2.24, 2.45) is 0 Å². The third-order valence-corrected chi connectivity index (χ3v) is 4.31. The summed E-state index contributed by atoms with van der Waals surface area (Å²) in [7, 11) is 0. The Labute approximate surface area is 164 Å². The Bertz CT molecular complexity index is 1100. The van der Waals surface area contributed by atoms with Crippen LogP contribution in [0.4, 0.5) is 17.3 Å². The van der Waals surface area contributed by atoms with Crippen molar-refractivity contribution < 1.29 is 14.6 Å². The lowest BCUT2D eigenvalue weighted by atomic mass is 10.1. The van der Waals surface area contributed by atoms with Gasteiger partial charge in [0, 0.05) is 12.3 Å². The standard InChI is InChI=1S/C17H17N7O5/c1-11-5-3-4-6-13(11)9-21-8-7-14(19-21)18-15(25)10-22-12(2)16(23(26)27)17(20-22)24(28)29/h3-8H,9-10H2,1-2H3,(H,18,19,25). The first kappa shape index (κ1) is 19.7. The van der Waals surface area contributed by atoms with Crippen molar-refractivity contribution in [1.82, 2.24) is 19.6 Å². The zero-order valence-electron chi connectivity index (χ0n) is 15.6. The average molecular weight is 399 g/mol. The van der Waals surface area contributed by atoms with Crippen molar-refractivity contribution in [2.45, 2.75) is 26.9 Å². The fourth-order valence-corrected chi connectivity index (χ4v) is 2.81. The topological polar surface area (TPSA) is 151 Å². The molecule has 0 aliphatic carbocycles. The van der Waals surface area contributed by atoms with Gasteiger partial charge < -0.3 is 15.4 Å². The molecule has 1 amide bonds. The van der Waals surface area contributed by atoms with Crippen molar-refractivity contribution in [3.05, 3.63) is 73.6 Å². The fourth-order valence-electron chi connectivity index (χ4n) is 2.81. The summed E-state index contributed by atoms with van der Waals surface area (Å²) in [6.45, 7) is 3.39. The van der Waals surface area contributed by atoms with Gasteiger partial charge in [0.15, 0.2) is 5.82 Å². The number of carbonyl (C=O) groups excluding carboxylic acids is 1. The maximum Gasteiger partial charge on any atom is 0.468 e. The molecule has 12 heteroatoms. The van der Waals surface area contributed by atoms with E-state index < -0.39 is 33.8 Å². The van der Waals surface area contributed by atoms with Crippen LogP contribution in [0.15, 0.2) is 36.5 Å². The summed E-state index contributed by atoms with van der Waals surface area (Å²) in [6.07, 6.45) is 1.71. The number of aryl methyl sites for hydroxylation is 1. The smallest absolute Gasteiger partial charge is 0.358 e. The Morgan fingerprint density at radius 3 is 2.45 bits per heavy atom. The van der Waals surface area contributed by atoms with Gasteiger partial charge in [0.05, 0.1) is 16.6 Å². The molecule has 0 radical (unpaired) electrons. The molecule has 0 aliphatic rings. The van der Waals surface area contributed by atoms with Crippen molar-refractivity contribution in [2.75, 3.05) is 5.32 Å². The van der Waals surface area contributed by atoms with Gasteiger partial charge in [-0.3, -0.25) is 19.6 Å². The molecule has 0 saturated heterocycles. The Morgan fingerprint density at radius 2 is 1.83 bits per heavy atom. The Kier molecular flexibility index (Phi) is 5.34. The molecule has 0 saturated carbocycles. The lowest BCUT2D eigenvalue weighted by Crippen LogP contribution is -2.20. The molecule has 3 rings (SSSR count). The molecular formula is C17H17N7O5. The number of hydrogen-bond donors (Lipinski definition) is 1. The van der Waals surface area contributed by atoms with E-state index >= 15 is 0 Å². The zero-order chi connectivity index (χ0) is 21.1. The predicted molar refractivity (Wildman–Crippen MR) is 101 cm³/mol. The zero-order valence-corrected chi connectivity index (χ0v) is 15.6. The van der Waals surface area contributed by atoms with Gasteiger partial charge in [-0.2, -0.15) is 9.78 Å². The van der Waals surface area contributed by atoms with E-state index in [0.717, 1.165) is 15.8 Å². The maximum absolute atomic E-state index is 12.3. The lowest BCUT2D eigenvalue weighted by molar-refractivity contribution is -0.424. The number of carbonyl (C=O) groups is 1. The van der Waals surface area contributed by atoms with Gasteiger partial charge in [0.2, 0.25) is 5.91 Å². The molecule has 12 nitrogen and oxygen atoms in total. The molecule has 0 aliphatic heterocycles. The summed E-state index contributed by atoms with van der Waals surface area (Å²) in [6, 6.07) is 9.46. The largest absolute Gasteiger partial charge is 0.468 e. The van der Waals surface area contributed by atoms with Gasteiger partial charge in [-0.05, 0) is 29.9 Å². The third kappa shape index (κ3) is 4.26. The van der Waals surface area contributed by atoms with E-state index in [4.69, 9.17) is 0 Å². The molecule has 2 aromatic heterocycles. The lowest BCUT2D eigenvalue weighted by Gasteiger charge is -2.05. The summed E-state index contributed by atoms with van der Waals surface area (Å²) in [4.78, 5) is 32.4. The molecule has 1 aromatic carbocycles. The Hall–Kier alpha value is -4.09. The third-order valence-electron chi connectivity index (χ3n) is 4.31.